The molecule has 0 N–H and O–H groups in total. The predicted molar refractivity (Wildman–Crippen MR) is 536 cm³/mol. The van der Waals surface area contributed by atoms with Gasteiger partial charge in [0, 0.05) is 115 Å². The van der Waals surface area contributed by atoms with Crippen LogP contribution in [0.5, 0.6) is 0 Å². The van der Waals surface area contributed by atoms with Gasteiger partial charge in [0.2, 0.25) is 0 Å². The number of rotatable bonds is 12. The molecule has 0 unspecified atom stereocenters. The zero-order valence-corrected chi connectivity index (χ0v) is 69.3. The zero-order valence-electron chi connectivity index (χ0n) is 69.3. The van der Waals surface area contributed by atoms with Gasteiger partial charge in [0.05, 0.1) is 77.4 Å². The number of para-hydroxylation sites is 9. The molecule has 594 valence electrons. The second-order valence-electron chi connectivity index (χ2n) is 34.0. The van der Waals surface area contributed by atoms with Crippen molar-refractivity contribution in [3.8, 4) is 101 Å². The molecule has 27 rings (SSSR count). The molecule has 0 radical (unpaired) electrons. The predicted octanol–water partition coefficient (Wildman–Crippen LogP) is 31.4. The van der Waals surface area contributed by atoms with Crippen molar-refractivity contribution in [3.05, 3.63) is 449 Å². The van der Waals surface area contributed by atoms with Crippen LogP contribution in [0.4, 0.5) is 0 Å². The summed E-state index contributed by atoms with van der Waals surface area (Å²) in [5.74, 6) is 0.648. The van der Waals surface area contributed by atoms with Gasteiger partial charge in [0.15, 0.2) is 5.82 Å². The van der Waals surface area contributed by atoms with Crippen molar-refractivity contribution in [2.45, 2.75) is 0 Å². The SMILES string of the molecule is c1ccc(-n2c3ccccc3c3cc(-c4ccc5c(c4)c4cc(-c6ccc7c(c6)c6ccccc6n7-c6ccccc6)ccc4n5-c4cccc(-c5nc(-c6ccc7ccc(-n8c9ccc(-c%10ccc%11c(c%10)c%10ccccc%10n%11-c%10ccccc%10)cc9c9cc(-c%10ccc%11c(c%10)c%10ccccc%10n%11-c%10ccccc%10)ccc98)cc7c6)c6ccccc6n5)c4)ccc32)cc1. The Morgan fingerprint density at radius 3 is 0.734 bits per heavy atom. The summed E-state index contributed by atoms with van der Waals surface area (Å²) in [6.07, 6.45) is 0. The lowest BCUT2D eigenvalue weighted by Gasteiger charge is -2.13. The standard InChI is InChI=1S/C120H74N8/c1-5-25-87(26-6-1)123-107-40-19-14-34-93(107)98-67-76(47-56-111(98)123)80-51-60-115-102(71-80)103-72-81(77-48-57-112-99(68-77)94-35-15-20-41-108(94)124(112)88-27-7-2-8-28-88)52-61-116(103)127(115)91-33-23-24-85(65-91)120-121-106-39-18-13-38-97(106)119(122-120)84-45-44-75-46-55-92(66-86(75)64-84)128-117-62-53-82(78-49-58-113-100(69-78)95-36-16-21-42-109(95)125(113)89-29-9-3-10-30-89)73-104(117)105-74-83(54-63-118(105)128)79-50-59-114-101(70-79)96-37-17-22-43-110(96)126(114)90-31-11-4-12-32-90/h1-74H. The molecule has 8 heteroatoms. The van der Waals surface area contributed by atoms with Crippen LogP contribution in [-0.2, 0) is 0 Å². The van der Waals surface area contributed by atoms with Crippen molar-refractivity contribution in [1.82, 2.24) is 37.4 Å². The molecule has 27 aromatic rings. The van der Waals surface area contributed by atoms with Gasteiger partial charge < -0.3 is 27.4 Å². The van der Waals surface area contributed by atoms with Crippen LogP contribution in [0.15, 0.2) is 449 Å². The number of benzene rings is 20. The minimum Gasteiger partial charge on any atom is -0.309 e. The molecule has 0 spiro atoms. The quantitative estimate of drug-likeness (QED) is 0.122. The fraction of sp³-hybridized carbons (Fsp3) is 0. The zero-order chi connectivity index (χ0) is 83.8. The van der Waals surface area contributed by atoms with E-state index >= 15 is 0 Å². The molecule has 0 bridgehead atoms. The molecular weight excluding hydrogens is 1550 g/mol. The Labute approximate surface area is 735 Å². The normalized spacial score (nSPS) is 12.1. The van der Waals surface area contributed by atoms with Gasteiger partial charge in [-0.25, -0.2) is 9.97 Å². The number of fused-ring (bicyclic) bond motifs is 20. The smallest absolute Gasteiger partial charge is 0.160 e. The summed E-state index contributed by atoms with van der Waals surface area (Å²) >= 11 is 0. The van der Waals surface area contributed by atoms with Crippen LogP contribution in [-0.4, -0.2) is 37.4 Å². The van der Waals surface area contributed by atoms with E-state index < -0.39 is 0 Å². The first-order valence-electron chi connectivity index (χ1n) is 43.9. The summed E-state index contributed by atoms with van der Waals surface area (Å²) in [4.78, 5) is 11.1. The average Bonchev–Trinajstić information content (AvgIpc) is 1.57. The van der Waals surface area contributed by atoms with Crippen molar-refractivity contribution >= 4 is 153 Å². The van der Waals surface area contributed by atoms with E-state index in [9.17, 15) is 0 Å². The molecule has 8 nitrogen and oxygen atoms in total. The fourth-order valence-corrected chi connectivity index (χ4v) is 21.1. The number of nitrogens with zero attached hydrogens (tertiary/aromatic N) is 8. The van der Waals surface area contributed by atoms with E-state index in [1.165, 1.54) is 98.0 Å². The van der Waals surface area contributed by atoms with Crippen LogP contribution in [0.1, 0.15) is 0 Å². The second-order valence-corrected chi connectivity index (χ2v) is 34.0. The van der Waals surface area contributed by atoms with Gasteiger partial charge in [-0.05, 0) is 262 Å². The summed E-state index contributed by atoms with van der Waals surface area (Å²) in [7, 11) is 0. The monoisotopic (exact) mass is 1630 g/mol. The van der Waals surface area contributed by atoms with Gasteiger partial charge in [0.25, 0.3) is 0 Å². The van der Waals surface area contributed by atoms with Crippen LogP contribution in [0.25, 0.3) is 254 Å². The Morgan fingerprint density at radius 2 is 0.391 bits per heavy atom. The minimum atomic E-state index is 0.648. The Kier molecular flexibility index (Phi) is 15.7. The first kappa shape index (κ1) is 71.4. The van der Waals surface area contributed by atoms with Gasteiger partial charge in [-0.15, -0.1) is 0 Å². The van der Waals surface area contributed by atoms with Crippen molar-refractivity contribution < 1.29 is 0 Å². The van der Waals surface area contributed by atoms with E-state index in [2.05, 4.69) is 476 Å². The maximum absolute atomic E-state index is 5.69. The van der Waals surface area contributed by atoms with Gasteiger partial charge in [-0.2, -0.15) is 0 Å². The van der Waals surface area contributed by atoms with Gasteiger partial charge in [0.1, 0.15) is 0 Å². The van der Waals surface area contributed by atoms with Crippen LogP contribution in [0.2, 0.25) is 0 Å². The first-order chi connectivity index (χ1) is 63.4. The van der Waals surface area contributed by atoms with Crippen LogP contribution in [0.3, 0.4) is 0 Å². The number of hydrogen-bond acceptors (Lipinski definition) is 2. The van der Waals surface area contributed by atoms with Crippen LogP contribution < -0.4 is 0 Å². The van der Waals surface area contributed by atoms with E-state index in [4.69, 9.17) is 9.97 Å². The molecule has 128 heavy (non-hydrogen) atoms. The lowest BCUT2D eigenvalue weighted by atomic mass is 9.98. The summed E-state index contributed by atoms with van der Waals surface area (Å²) in [5, 5.41) is 17.7. The van der Waals surface area contributed by atoms with E-state index in [1.807, 2.05) is 0 Å². The molecular formula is C120H74N8. The Hall–Kier alpha value is -17.2. The van der Waals surface area contributed by atoms with Crippen molar-refractivity contribution in [1.29, 1.82) is 0 Å². The average molecular weight is 1630 g/mol. The van der Waals surface area contributed by atoms with Gasteiger partial charge in [-0.3, -0.25) is 0 Å². The molecule has 20 aromatic carbocycles. The molecule has 0 aliphatic carbocycles. The Morgan fingerprint density at radius 1 is 0.133 bits per heavy atom. The largest absolute Gasteiger partial charge is 0.309 e. The van der Waals surface area contributed by atoms with Crippen molar-refractivity contribution in [2.24, 2.45) is 0 Å². The van der Waals surface area contributed by atoms with E-state index in [-0.39, 0.29) is 0 Å². The molecule has 0 aliphatic rings. The first-order valence-corrected chi connectivity index (χ1v) is 43.9. The minimum absolute atomic E-state index is 0.648. The number of aromatic nitrogens is 8. The highest BCUT2D eigenvalue weighted by Gasteiger charge is 2.25. The number of hydrogen-bond donors (Lipinski definition) is 0. The molecule has 0 fully saturated rings. The van der Waals surface area contributed by atoms with Crippen molar-refractivity contribution in [3.63, 3.8) is 0 Å². The van der Waals surface area contributed by atoms with Gasteiger partial charge >= 0.3 is 0 Å². The summed E-state index contributed by atoms with van der Waals surface area (Å²) in [6.45, 7) is 0. The molecule has 0 saturated carbocycles. The third kappa shape index (κ3) is 11.1. The topological polar surface area (TPSA) is 55.4 Å². The Balaban J connectivity index is 0.589. The van der Waals surface area contributed by atoms with E-state index in [1.54, 1.807) is 0 Å². The molecule has 0 amide bonds. The third-order valence-electron chi connectivity index (χ3n) is 26.9. The Bertz CT molecular complexity index is 8890. The summed E-state index contributed by atoms with van der Waals surface area (Å²) in [5.41, 5.74) is 33.4. The summed E-state index contributed by atoms with van der Waals surface area (Å²) in [6, 6.07) is 165. The van der Waals surface area contributed by atoms with Crippen LogP contribution in [0, 0.1) is 0 Å². The second kappa shape index (κ2) is 28.2. The highest BCUT2D eigenvalue weighted by molar-refractivity contribution is 6.18. The molecule has 0 atom stereocenters. The van der Waals surface area contributed by atoms with Crippen molar-refractivity contribution in [2.75, 3.05) is 0 Å². The van der Waals surface area contributed by atoms with Gasteiger partial charge in [-0.1, -0.05) is 243 Å². The third-order valence-corrected chi connectivity index (χ3v) is 26.9. The molecule has 0 saturated heterocycles. The lowest BCUT2D eigenvalue weighted by Crippen LogP contribution is -1.98. The van der Waals surface area contributed by atoms with E-state index in [0.717, 1.165) is 150 Å². The highest BCUT2D eigenvalue weighted by Crippen LogP contribution is 2.47. The molecule has 7 aromatic heterocycles. The molecule has 7 heterocycles. The fourth-order valence-electron chi connectivity index (χ4n) is 21.1. The summed E-state index contributed by atoms with van der Waals surface area (Å²) < 4.78 is 14.5. The highest BCUT2D eigenvalue weighted by atomic mass is 15.0. The molecule has 0 aliphatic heterocycles. The van der Waals surface area contributed by atoms with Crippen LogP contribution >= 0.6 is 0 Å². The maximum atomic E-state index is 5.69. The maximum Gasteiger partial charge on any atom is 0.160 e. The van der Waals surface area contributed by atoms with E-state index in [0.29, 0.717) is 5.82 Å². The lowest BCUT2D eigenvalue weighted by molar-refractivity contribution is 1.17.